The first kappa shape index (κ1) is 9.31. The molecular weight excluding hydrogens is 411 g/mol. The van der Waals surface area contributed by atoms with Crippen LogP contribution in [0.4, 0.5) is 0 Å². The topological polar surface area (TPSA) is 0 Å². The predicted octanol–water partition coefficient (Wildman–Crippen LogP) is 3.26. The summed E-state index contributed by atoms with van der Waals surface area (Å²) < 4.78 is 7.76. The van der Waals surface area contributed by atoms with E-state index in [1.165, 1.54) is 11.1 Å². The molecule has 0 fully saturated rings. The van der Waals surface area contributed by atoms with Gasteiger partial charge in [0.05, 0.1) is 0 Å². The normalized spacial score (nSPS) is 11.8. The molecule has 1 rings (SSSR count). The zero-order chi connectivity index (χ0) is 9.90. The van der Waals surface area contributed by atoms with E-state index in [9.17, 15) is 0 Å². The van der Waals surface area contributed by atoms with Crippen LogP contribution >= 0.6 is 0 Å². The van der Waals surface area contributed by atoms with E-state index in [4.69, 9.17) is 1.37 Å². The Labute approximate surface area is 77.0 Å². The van der Waals surface area contributed by atoms with Crippen LogP contribution in [-0.4, -0.2) is 0 Å². The second-order valence-electron chi connectivity index (χ2n) is 3.45. The van der Waals surface area contributed by atoms with Crippen LogP contribution in [0.15, 0.2) is 24.3 Å². The van der Waals surface area contributed by atoms with Gasteiger partial charge in [0.15, 0.2) is 0 Å². The second-order valence-corrected chi connectivity index (χ2v) is 3.45. The largest absolute Gasteiger partial charge is 0.339 e. The van der Waals surface area contributed by atoms with Crippen LogP contribution in [-0.2, 0) is 12.8 Å². The quantitative estimate of drug-likeness (QED) is 0.646. The molecule has 1 aromatic carbocycles. The smallest absolute Gasteiger partial charge is 0.0300 e. The van der Waals surface area contributed by atoms with E-state index in [1.807, 2.05) is 13.8 Å². The second kappa shape index (κ2) is 4.97. The van der Waals surface area contributed by atoms with Crippen molar-refractivity contribution in [2.24, 2.45) is 5.89 Å². The van der Waals surface area contributed by atoms with Gasteiger partial charge in [-0.3, -0.25) is 0 Å². The van der Waals surface area contributed by atoms with Crippen molar-refractivity contribution in [2.45, 2.75) is 26.7 Å². The van der Waals surface area contributed by atoms with Crippen LogP contribution in [0.25, 0.3) is 0 Å². The first-order chi connectivity index (χ1) is 6.01. The number of hydrogen-bond acceptors (Lipinski definition) is 0. The van der Waals surface area contributed by atoms with Crippen LogP contribution in [0.3, 0.4) is 0 Å². The summed E-state index contributed by atoms with van der Waals surface area (Å²) in [5.41, 5.74) is 2.49. The molecule has 0 amide bonds. The maximum atomic E-state index is 7.76. The molecule has 0 atom stereocenters. The maximum Gasteiger partial charge on any atom is 0.0300 e. The number of rotatable bonds is 3. The molecule has 0 bridgehead atoms. The molecule has 0 aliphatic rings. The molecule has 0 nitrogen and oxygen atoms in total. The summed E-state index contributed by atoms with van der Waals surface area (Å²) >= 11 is 0. The summed E-state index contributed by atoms with van der Waals surface area (Å²) in [5.74, 6) is -0.369. The molecule has 68 valence electrons. The van der Waals surface area contributed by atoms with Gasteiger partial charge in [0, 0.05) is 1.37 Å². The molecule has 1 heteroatoms. The molecular formula is C12H17Rf-. The van der Waals surface area contributed by atoms with Crippen molar-refractivity contribution >= 4 is 0 Å². The van der Waals surface area contributed by atoms with Crippen molar-refractivity contribution in [3.8, 4) is 0 Å². The fourth-order valence-electron chi connectivity index (χ4n) is 1.23. The first-order valence-corrected chi connectivity index (χ1v) is 4.38. The zero-order valence-electron chi connectivity index (χ0n) is 9.64. The molecule has 0 spiro atoms. The molecule has 0 heterocycles. The number of hydrogen-bond donors (Lipinski definition) is 0. The Morgan fingerprint density at radius 2 is 1.69 bits per heavy atom. The van der Waals surface area contributed by atoms with Gasteiger partial charge in [-0.25, -0.2) is 0 Å². The van der Waals surface area contributed by atoms with E-state index < -0.39 is 0 Å². The third-order valence-electron chi connectivity index (χ3n) is 1.87. The minimum Gasteiger partial charge on any atom is -0.339 e. The molecule has 0 saturated carbocycles. The Kier molecular flexibility index (Phi) is 3.56. The molecule has 0 aliphatic carbocycles. The minimum atomic E-state index is -0.369. The van der Waals surface area contributed by atoms with Gasteiger partial charge in [-0.15, -0.1) is 0 Å². The van der Waals surface area contributed by atoms with E-state index >= 15 is 0 Å². The third kappa shape index (κ3) is 3.42. The van der Waals surface area contributed by atoms with Gasteiger partial charge >= 0.3 is 0 Å². The van der Waals surface area contributed by atoms with Crippen LogP contribution in [0.5, 0.6) is 0 Å². The van der Waals surface area contributed by atoms with Gasteiger partial charge < -0.3 is 6.92 Å². The van der Waals surface area contributed by atoms with Crippen molar-refractivity contribution in [1.82, 2.24) is 0 Å². The predicted molar refractivity (Wildman–Crippen MR) is 54.0 cm³/mol. The van der Waals surface area contributed by atoms with Gasteiger partial charge in [-0.2, -0.15) is 6.42 Å². The fourth-order valence-corrected chi connectivity index (χ4v) is 1.23. The Morgan fingerprint density at radius 1 is 1.23 bits per heavy atom. The van der Waals surface area contributed by atoms with Crippen LogP contribution in [0, 0.1) is 12.8 Å². The monoisotopic (exact) mass is 430 g/mol. The summed E-state index contributed by atoms with van der Waals surface area (Å²) in [6.45, 7) is 7.69. The third-order valence-corrected chi connectivity index (χ3v) is 1.87. The van der Waals surface area contributed by atoms with Gasteiger partial charge in [-0.05, 0) is 17.9 Å². The summed E-state index contributed by atoms with van der Waals surface area (Å²) in [5, 5.41) is 0. The van der Waals surface area contributed by atoms with E-state index in [0.717, 1.165) is 12.8 Å². The average molecular weight is 430 g/mol. The van der Waals surface area contributed by atoms with Crippen LogP contribution < -0.4 is 0 Å². The molecule has 0 saturated heterocycles. The van der Waals surface area contributed by atoms with Crippen molar-refractivity contribution < 1.29 is 1.37 Å². The Balaban J connectivity index is 0.00000169. The van der Waals surface area contributed by atoms with Gasteiger partial charge in [0.25, 0.3) is 0 Å². The molecule has 0 unspecified atom stereocenters. The van der Waals surface area contributed by atoms with Gasteiger partial charge in [-0.1, -0.05) is 43.7 Å². The van der Waals surface area contributed by atoms with E-state index in [1.54, 1.807) is 0 Å². The Bertz CT molecular complexity index is 259. The first-order valence-electron chi connectivity index (χ1n) is 4.88. The summed E-state index contributed by atoms with van der Waals surface area (Å²) in [4.78, 5) is 0. The Hall–Kier alpha value is -1.78. The zero-order valence-corrected chi connectivity index (χ0v) is 15.0. The SMILES string of the molecule is [3H]C(C)(C)Cc1ccc(C[CH2-])cc1.[Rf]. The standard InChI is InChI=1S/C12H17.Rf/c1-4-11-5-7-12(8-6-11)9-10(2)3;/h5-8,10H,1,4,9H2,2-3H3;/q-1;/i10T;. The van der Waals surface area contributed by atoms with E-state index in [2.05, 4.69) is 31.2 Å². The van der Waals surface area contributed by atoms with Crippen molar-refractivity contribution in [1.29, 1.82) is 0 Å². The van der Waals surface area contributed by atoms with E-state index in [0.29, 0.717) is 0 Å². The molecule has 0 aliphatic heterocycles. The Morgan fingerprint density at radius 3 is 2.08 bits per heavy atom. The molecule has 0 aromatic heterocycles. The van der Waals surface area contributed by atoms with Crippen molar-refractivity contribution in [3.05, 3.63) is 42.3 Å². The molecule has 1 aromatic rings. The summed E-state index contributed by atoms with van der Waals surface area (Å²) in [7, 11) is 0. The molecule has 13 heavy (non-hydrogen) atoms. The van der Waals surface area contributed by atoms with Crippen molar-refractivity contribution in [2.75, 3.05) is 0 Å². The van der Waals surface area contributed by atoms with Crippen LogP contribution in [0.2, 0.25) is 0 Å². The van der Waals surface area contributed by atoms with Gasteiger partial charge in [0.1, 0.15) is 0 Å². The maximum absolute atomic E-state index is 7.76. The molecule has 0 N–H and O–H groups in total. The van der Waals surface area contributed by atoms with Crippen molar-refractivity contribution in [3.63, 3.8) is 0 Å². The van der Waals surface area contributed by atoms with E-state index in [-0.39, 0.29) is 5.89 Å². The van der Waals surface area contributed by atoms with Crippen LogP contribution in [0.1, 0.15) is 26.3 Å². The molecule has 0 radical (unpaired) electrons. The number of benzene rings is 1. The van der Waals surface area contributed by atoms with Gasteiger partial charge in [0.2, 0.25) is 0 Å². The average Bonchev–Trinajstić information content (AvgIpc) is 2.03. The minimum absolute atomic E-state index is 0. The fraction of sp³-hybridized carbons (Fsp3) is 0.417. The summed E-state index contributed by atoms with van der Waals surface area (Å²) in [6, 6.07) is 8.37. The summed E-state index contributed by atoms with van der Waals surface area (Å²) in [6.07, 6.45) is 1.65.